The number of carbonyl (C=O) groups is 1. The van der Waals surface area contributed by atoms with Crippen LogP contribution in [-0.4, -0.2) is 53.4 Å². The highest BCUT2D eigenvalue weighted by molar-refractivity contribution is 5.94. The van der Waals surface area contributed by atoms with E-state index >= 15 is 0 Å². The molecule has 4 rings (SSSR count). The van der Waals surface area contributed by atoms with Crippen LogP contribution in [0, 0.1) is 5.41 Å². The van der Waals surface area contributed by atoms with E-state index in [1.165, 1.54) is 31.4 Å². The van der Waals surface area contributed by atoms with Crippen LogP contribution in [0.1, 0.15) is 41.6 Å². The normalized spacial score (nSPS) is 23.0. The number of piperidine rings is 1. The second kappa shape index (κ2) is 8.22. The molecule has 2 aromatic rings. The van der Waals surface area contributed by atoms with E-state index < -0.39 is 0 Å². The summed E-state index contributed by atoms with van der Waals surface area (Å²) in [6.07, 6.45) is 9.41. The minimum Gasteiger partial charge on any atom is -0.338 e. The van der Waals surface area contributed by atoms with Crippen molar-refractivity contribution in [2.24, 2.45) is 5.41 Å². The first-order valence-corrected chi connectivity index (χ1v) is 10.2. The zero-order valence-electron chi connectivity index (χ0n) is 16.0. The number of amides is 1. The molecule has 2 aliphatic rings. The molecule has 1 amide bonds. The van der Waals surface area contributed by atoms with E-state index in [1.807, 2.05) is 12.1 Å². The number of aryl methyl sites for hydroxylation is 1. The van der Waals surface area contributed by atoms with Crippen LogP contribution in [0.3, 0.4) is 0 Å². The summed E-state index contributed by atoms with van der Waals surface area (Å²) in [6.45, 7) is 5.30. The lowest BCUT2D eigenvalue weighted by molar-refractivity contribution is 0.0688. The van der Waals surface area contributed by atoms with Crippen molar-refractivity contribution in [1.29, 1.82) is 0 Å². The topological polar surface area (TPSA) is 36.4 Å². The summed E-state index contributed by atoms with van der Waals surface area (Å²) in [7, 11) is 0. The minimum absolute atomic E-state index is 0.162. The number of nitrogens with zero attached hydrogens (tertiary/aromatic N) is 3. The summed E-state index contributed by atoms with van der Waals surface area (Å²) >= 11 is 0. The number of benzene rings is 1. The average molecular weight is 364 g/mol. The fourth-order valence-corrected chi connectivity index (χ4v) is 4.77. The molecule has 1 aromatic carbocycles. The highest BCUT2D eigenvalue weighted by Crippen LogP contribution is 2.39. The van der Waals surface area contributed by atoms with Gasteiger partial charge < -0.3 is 9.80 Å². The van der Waals surface area contributed by atoms with Gasteiger partial charge in [0.15, 0.2) is 0 Å². The molecule has 3 heterocycles. The van der Waals surface area contributed by atoms with Crippen molar-refractivity contribution in [3.8, 4) is 0 Å². The third kappa shape index (κ3) is 4.38. The molecule has 1 aromatic heterocycles. The van der Waals surface area contributed by atoms with E-state index in [4.69, 9.17) is 0 Å². The molecule has 2 fully saturated rings. The van der Waals surface area contributed by atoms with Gasteiger partial charge in [0.2, 0.25) is 0 Å². The van der Waals surface area contributed by atoms with E-state index in [0.29, 0.717) is 5.41 Å². The van der Waals surface area contributed by atoms with E-state index in [2.05, 4.69) is 45.1 Å². The van der Waals surface area contributed by atoms with Crippen LogP contribution in [0.4, 0.5) is 0 Å². The van der Waals surface area contributed by atoms with Gasteiger partial charge in [0.1, 0.15) is 0 Å². The molecule has 0 saturated carbocycles. The lowest BCUT2D eigenvalue weighted by atomic mass is 9.79. The molecule has 1 unspecified atom stereocenters. The Morgan fingerprint density at radius 1 is 1.00 bits per heavy atom. The first kappa shape index (κ1) is 18.2. The molecule has 0 N–H and O–H groups in total. The first-order chi connectivity index (χ1) is 13.2. The maximum atomic E-state index is 12.8. The molecule has 0 aliphatic carbocycles. The van der Waals surface area contributed by atoms with Crippen LogP contribution >= 0.6 is 0 Å². The molecule has 4 heteroatoms. The second-order valence-electron chi connectivity index (χ2n) is 8.18. The van der Waals surface area contributed by atoms with Crippen LogP contribution < -0.4 is 0 Å². The van der Waals surface area contributed by atoms with Gasteiger partial charge in [-0.25, -0.2) is 0 Å². The third-order valence-corrected chi connectivity index (χ3v) is 6.18. The number of aromatic nitrogens is 1. The number of hydrogen-bond acceptors (Lipinski definition) is 3. The van der Waals surface area contributed by atoms with Crippen molar-refractivity contribution in [2.45, 2.75) is 32.1 Å². The van der Waals surface area contributed by atoms with Gasteiger partial charge >= 0.3 is 0 Å². The Morgan fingerprint density at radius 3 is 2.63 bits per heavy atom. The van der Waals surface area contributed by atoms with Crippen molar-refractivity contribution < 1.29 is 4.79 Å². The quantitative estimate of drug-likeness (QED) is 0.814. The van der Waals surface area contributed by atoms with Gasteiger partial charge in [-0.1, -0.05) is 30.3 Å². The number of rotatable bonds is 5. The maximum Gasteiger partial charge on any atom is 0.253 e. The lowest BCUT2D eigenvalue weighted by Crippen LogP contribution is -2.45. The Morgan fingerprint density at radius 2 is 1.81 bits per heavy atom. The highest BCUT2D eigenvalue weighted by Gasteiger charge is 2.42. The van der Waals surface area contributed by atoms with Gasteiger partial charge in [0.05, 0.1) is 0 Å². The smallest absolute Gasteiger partial charge is 0.253 e. The van der Waals surface area contributed by atoms with Crippen molar-refractivity contribution in [2.75, 3.05) is 32.7 Å². The van der Waals surface area contributed by atoms with Crippen molar-refractivity contribution >= 4 is 5.91 Å². The summed E-state index contributed by atoms with van der Waals surface area (Å²) in [5.74, 6) is 0.162. The average Bonchev–Trinajstić information content (AvgIpc) is 3.12. The summed E-state index contributed by atoms with van der Waals surface area (Å²) < 4.78 is 0. The number of pyridine rings is 1. The zero-order chi connectivity index (χ0) is 18.5. The van der Waals surface area contributed by atoms with E-state index in [0.717, 1.165) is 44.6 Å². The first-order valence-electron chi connectivity index (χ1n) is 10.2. The predicted octanol–water partition coefficient (Wildman–Crippen LogP) is 3.64. The molecule has 2 aliphatic heterocycles. The fraction of sp³-hybridized carbons (Fsp3) is 0.478. The van der Waals surface area contributed by atoms with E-state index in [9.17, 15) is 4.79 Å². The molecule has 142 valence electrons. The molecule has 1 spiro atoms. The Balaban J connectivity index is 1.30. The fourth-order valence-electron chi connectivity index (χ4n) is 4.77. The number of hydrogen-bond donors (Lipinski definition) is 0. The number of carbonyl (C=O) groups excluding carboxylic acids is 1. The van der Waals surface area contributed by atoms with Gasteiger partial charge in [-0.15, -0.1) is 0 Å². The maximum absolute atomic E-state index is 12.8. The van der Waals surface area contributed by atoms with E-state index in [1.54, 1.807) is 12.4 Å². The monoisotopic (exact) mass is 363 g/mol. The zero-order valence-corrected chi connectivity index (χ0v) is 16.0. The summed E-state index contributed by atoms with van der Waals surface area (Å²) in [5.41, 5.74) is 2.49. The van der Waals surface area contributed by atoms with Gasteiger partial charge in [-0.05, 0) is 62.9 Å². The van der Waals surface area contributed by atoms with Crippen LogP contribution in [-0.2, 0) is 6.42 Å². The standard InChI is InChI=1S/C23H29N3O/c27-22(21-9-13-24-14-10-21)26-17-12-23(19-26)11-5-16-25(18-23)15-4-8-20-6-2-1-3-7-20/h1-3,6-7,9-10,13-14H,4-5,8,11-12,15-19H2. The van der Waals surface area contributed by atoms with Crippen LogP contribution in [0.2, 0.25) is 0 Å². The summed E-state index contributed by atoms with van der Waals surface area (Å²) in [4.78, 5) is 21.5. The van der Waals surface area contributed by atoms with Gasteiger partial charge in [0.25, 0.3) is 5.91 Å². The lowest BCUT2D eigenvalue weighted by Gasteiger charge is -2.40. The Kier molecular flexibility index (Phi) is 5.53. The minimum atomic E-state index is 0.162. The Bertz CT molecular complexity index is 749. The SMILES string of the molecule is O=C(c1ccncc1)N1CCC2(CCCN(CCCc3ccccc3)C2)C1. The highest BCUT2D eigenvalue weighted by atomic mass is 16.2. The van der Waals surface area contributed by atoms with E-state index in [-0.39, 0.29) is 5.91 Å². The predicted molar refractivity (Wildman–Crippen MR) is 108 cm³/mol. The van der Waals surface area contributed by atoms with Crippen molar-refractivity contribution in [1.82, 2.24) is 14.8 Å². The molecule has 2 saturated heterocycles. The van der Waals surface area contributed by atoms with Crippen LogP contribution in [0.5, 0.6) is 0 Å². The molecule has 1 atom stereocenters. The van der Waals surface area contributed by atoms with Crippen molar-refractivity contribution in [3.63, 3.8) is 0 Å². The molecule has 4 nitrogen and oxygen atoms in total. The Hall–Kier alpha value is -2.20. The molecule has 0 bridgehead atoms. The number of likely N-dealkylation sites (tertiary alicyclic amines) is 2. The largest absolute Gasteiger partial charge is 0.338 e. The Labute approximate surface area is 162 Å². The van der Waals surface area contributed by atoms with Crippen molar-refractivity contribution in [3.05, 3.63) is 66.0 Å². The van der Waals surface area contributed by atoms with Gasteiger partial charge in [-0.2, -0.15) is 0 Å². The summed E-state index contributed by atoms with van der Waals surface area (Å²) in [6, 6.07) is 14.4. The van der Waals surface area contributed by atoms with Crippen LogP contribution in [0.15, 0.2) is 54.9 Å². The molecular weight excluding hydrogens is 334 g/mol. The summed E-state index contributed by atoms with van der Waals surface area (Å²) in [5, 5.41) is 0. The second-order valence-corrected chi connectivity index (χ2v) is 8.18. The molecule has 27 heavy (non-hydrogen) atoms. The third-order valence-electron chi connectivity index (χ3n) is 6.18. The van der Waals surface area contributed by atoms with Gasteiger partial charge in [-0.3, -0.25) is 9.78 Å². The van der Waals surface area contributed by atoms with Gasteiger partial charge in [0, 0.05) is 43.0 Å². The van der Waals surface area contributed by atoms with Crippen LogP contribution in [0.25, 0.3) is 0 Å². The molecular formula is C23H29N3O. The molecule has 0 radical (unpaired) electrons.